The molecule has 2 N–H and O–H groups in total. The van der Waals surface area contributed by atoms with Crippen molar-refractivity contribution >= 4 is 12.2 Å². The molecule has 0 amide bonds. The molecule has 0 spiro atoms. The van der Waals surface area contributed by atoms with Crippen LogP contribution < -0.4 is 0 Å². The highest BCUT2D eigenvalue weighted by Gasteiger charge is 2.13. The molecule has 0 radical (unpaired) electrons. The summed E-state index contributed by atoms with van der Waals surface area (Å²) >= 11 is 0. The highest BCUT2D eigenvalue weighted by atomic mass is 16.3. The number of hydrogen-bond donors (Lipinski definition) is 2. The van der Waals surface area contributed by atoms with E-state index >= 15 is 0 Å². The van der Waals surface area contributed by atoms with E-state index in [0.717, 1.165) is 33.4 Å². The van der Waals surface area contributed by atoms with E-state index in [9.17, 15) is 10.2 Å². The van der Waals surface area contributed by atoms with Crippen LogP contribution in [0.1, 0.15) is 47.2 Å². The second-order valence-electron chi connectivity index (χ2n) is 5.78. The van der Waals surface area contributed by atoms with Crippen molar-refractivity contribution < 1.29 is 10.2 Å². The second-order valence-corrected chi connectivity index (χ2v) is 5.78. The van der Waals surface area contributed by atoms with E-state index in [2.05, 4.69) is 0 Å². The molecule has 0 bridgehead atoms. The van der Waals surface area contributed by atoms with E-state index in [4.69, 9.17) is 0 Å². The summed E-state index contributed by atoms with van der Waals surface area (Å²) < 4.78 is 0. The minimum Gasteiger partial charge on any atom is -0.507 e. The molecule has 23 heavy (non-hydrogen) atoms. The minimum absolute atomic E-state index is 0.288. The molecule has 0 heterocycles. The summed E-state index contributed by atoms with van der Waals surface area (Å²) in [4.78, 5) is 0. The van der Waals surface area contributed by atoms with Crippen LogP contribution in [-0.2, 0) is 6.42 Å². The van der Waals surface area contributed by atoms with Crippen LogP contribution in [0.25, 0.3) is 12.2 Å². The van der Waals surface area contributed by atoms with Gasteiger partial charge in [-0.05, 0) is 49.9 Å². The molecule has 0 aliphatic rings. The number of aryl methyl sites for hydroxylation is 2. The molecule has 2 aromatic carbocycles. The lowest BCUT2D eigenvalue weighted by atomic mass is 9.95. The number of allylic oxidation sites excluding steroid dienone is 2. The van der Waals surface area contributed by atoms with Gasteiger partial charge in [0.05, 0.1) is 0 Å². The van der Waals surface area contributed by atoms with Gasteiger partial charge >= 0.3 is 0 Å². The highest BCUT2D eigenvalue weighted by molar-refractivity contribution is 5.66. The molecule has 0 unspecified atom stereocenters. The van der Waals surface area contributed by atoms with E-state index < -0.39 is 0 Å². The van der Waals surface area contributed by atoms with E-state index in [0.29, 0.717) is 6.42 Å². The van der Waals surface area contributed by atoms with Gasteiger partial charge in [0.15, 0.2) is 0 Å². The van der Waals surface area contributed by atoms with Crippen molar-refractivity contribution in [3.63, 3.8) is 0 Å². The maximum Gasteiger partial charge on any atom is 0.126 e. The molecule has 0 aliphatic carbocycles. The fourth-order valence-corrected chi connectivity index (χ4v) is 2.75. The monoisotopic (exact) mass is 308 g/mol. The smallest absolute Gasteiger partial charge is 0.126 e. The van der Waals surface area contributed by atoms with Crippen LogP contribution in [0.3, 0.4) is 0 Å². The van der Waals surface area contributed by atoms with Gasteiger partial charge in [0, 0.05) is 17.5 Å². The summed E-state index contributed by atoms with van der Waals surface area (Å²) in [5.74, 6) is 0.575. The van der Waals surface area contributed by atoms with Crippen molar-refractivity contribution in [1.29, 1.82) is 0 Å². The third-order valence-corrected chi connectivity index (χ3v) is 4.08. The van der Waals surface area contributed by atoms with E-state index in [-0.39, 0.29) is 11.5 Å². The van der Waals surface area contributed by atoms with E-state index in [1.807, 2.05) is 76.3 Å². The lowest BCUT2D eigenvalue weighted by Gasteiger charge is -2.13. The van der Waals surface area contributed by atoms with Gasteiger partial charge in [0.2, 0.25) is 0 Å². The Bertz CT molecular complexity index is 702. The van der Waals surface area contributed by atoms with E-state index in [1.165, 1.54) is 0 Å². The number of phenolic OH excluding ortho intramolecular Hbond substituents is 2. The summed E-state index contributed by atoms with van der Waals surface area (Å²) in [6, 6.07) is 7.85. The summed E-state index contributed by atoms with van der Waals surface area (Å²) in [6.45, 7) is 7.82. The fourth-order valence-electron chi connectivity index (χ4n) is 2.75. The Hall–Kier alpha value is -2.48. The standard InChI is InChI=1S/C21H24O2/c1-5-7-18-14(3)9-11-16(20(18)22)13-17-12-10-15(4)19(8-6-2)21(17)23/h5-12,22-23H,13H2,1-4H3. The largest absolute Gasteiger partial charge is 0.507 e. The van der Waals surface area contributed by atoms with Gasteiger partial charge in [-0.25, -0.2) is 0 Å². The van der Waals surface area contributed by atoms with Crippen molar-refractivity contribution in [2.24, 2.45) is 0 Å². The normalized spacial score (nSPS) is 11.7. The molecular weight excluding hydrogens is 284 g/mol. The SMILES string of the molecule is CC=Cc1c(C)ccc(Cc2ccc(C)c(C=CC)c2O)c1O. The zero-order valence-corrected chi connectivity index (χ0v) is 14.2. The van der Waals surface area contributed by atoms with Crippen LogP contribution in [0.5, 0.6) is 11.5 Å². The molecular formula is C21H24O2. The molecule has 2 nitrogen and oxygen atoms in total. The van der Waals surface area contributed by atoms with Crippen molar-refractivity contribution in [2.45, 2.75) is 34.1 Å². The molecule has 0 aliphatic heterocycles. The first-order chi connectivity index (χ1) is 11.0. The van der Waals surface area contributed by atoms with Crippen molar-refractivity contribution in [1.82, 2.24) is 0 Å². The number of rotatable bonds is 4. The molecule has 0 saturated carbocycles. The van der Waals surface area contributed by atoms with Gasteiger partial charge in [-0.2, -0.15) is 0 Å². The van der Waals surface area contributed by atoms with Crippen molar-refractivity contribution in [2.75, 3.05) is 0 Å². The number of benzene rings is 2. The molecule has 0 atom stereocenters. The van der Waals surface area contributed by atoms with Crippen molar-refractivity contribution in [3.8, 4) is 11.5 Å². The Morgan fingerprint density at radius 3 is 1.48 bits per heavy atom. The average molecular weight is 308 g/mol. The van der Waals surface area contributed by atoms with Gasteiger partial charge in [0.1, 0.15) is 11.5 Å². The van der Waals surface area contributed by atoms with Gasteiger partial charge in [0.25, 0.3) is 0 Å². The summed E-state index contributed by atoms with van der Waals surface area (Å²) in [6.07, 6.45) is 8.15. The molecule has 0 saturated heterocycles. The fraction of sp³-hybridized carbons (Fsp3) is 0.238. The summed E-state index contributed by atoms with van der Waals surface area (Å²) in [5, 5.41) is 21.1. The van der Waals surface area contributed by atoms with Gasteiger partial charge in [-0.15, -0.1) is 0 Å². The molecule has 120 valence electrons. The van der Waals surface area contributed by atoms with Gasteiger partial charge in [-0.1, -0.05) is 48.6 Å². The van der Waals surface area contributed by atoms with E-state index in [1.54, 1.807) is 0 Å². The molecule has 2 aromatic rings. The Morgan fingerprint density at radius 1 is 0.739 bits per heavy atom. The first kappa shape index (κ1) is 16.9. The lowest BCUT2D eigenvalue weighted by molar-refractivity contribution is 0.461. The third-order valence-electron chi connectivity index (χ3n) is 4.08. The third kappa shape index (κ3) is 3.48. The zero-order valence-electron chi connectivity index (χ0n) is 14.2. The number of aromatic hydroxyl groups is 2. The Balaban J connectivity index is 2.48. The minimum atomic E-state index is 0.288. The van der Waals surface area contributed by atoms with Crippen LogP contribution in [-0.4, -0.2) is 10.2 Å². The first-order valence-corrected chi connectivity index (χ1v) is 7.87. The summed E-state index contributed by atoms with van der Waals surface area (Å²) in [7, 11) is 0. The zero-order chi connectivity index (χ0) is 17.0. The average Bonchev–Trinajstić information content (AvgIpc) is 2.53. The van der Waals surface area contributed by atoms with Gasteiger partial charge in [-0.3, -0.25) is 0 Å². The first-order valence-electron chi connectivity index (χ1n) is 7.87. The van der Waals surface area contributed by atoms with Crippen molar-refractivity contribution in [3.05, 3.63) is 69.8 Å². The second kappa shape index (κ2) is 7.19. The Labute approximate surface area is 138 Å². The van der Waals surface area contributed by atoms with Gasteiger partial charge < -0.3 is 10.2 Å². The lowest BCUT2D eigenvalue weighted by Crippen LogP contribution is -1.95. The Morgan fingerprint density at radius 2 is 1.13 bits per heavy atom. The number of phenols is 2. The molecule has 0 fully saturated rings. The highest BCUT2D eigenvalue weighted by Crippen LogP contribution is 2.33. The molecule has 0 aromatic heterocycles. The van der Waals surface area contributed by atoms with Crippen LogP contribution in [0.2, 0.25) is 0 Å². The maximum absolute atomic E-state index is 10.5. The molecule has 2 rings (SSSR count). The van der Waals surface area contributed by atoms with Crippen LogP contribution >= 0.6 is 0 Å². The van der Waals surface area contributed by atoms with Crippen LogP contribution in [0, 0.1) is 13.8 Å². The Kier molecular flexibility index (Phi) is 5.28. The van der Waals surface area contributed by atoms with Crippen LogP contribution in [0.15, 0.2) is 36.4 Å². The summed E-state index contributed by atoms with van der Waals surface area (Å²) in [5.41, 5.74) is 5.37. The maximum atomic E-state index is 10.5. The predicted molar refractivity (Wildman–Crippen MR) is 97.9 cm³/mol. The number of hydrogen-bond acceptors (Lipinski definition) is 2. The quantitative estimate of drug-likeness (QED) is 0.797. The molecule has 2 heteroatoms. The predicted octanol–water partition coefficient (Wildman–Crippen LogP) is 5.37. The topological polar surface area (TPSA) is 40.5 Å². The van der Waals surface area contributed by atoms with Crippen LogP contribution in [0.4, 0.5) is 0 Å².